The summed E-state index contributed by atoms with van der Waals surface area (Å²) in [6.45, 7) is 2.49. The molecule has 0 fully saturated rings. The number of hydrogen-bond acceptors (Lipinski definition) is 6. The fourth-order valence-corrected chi connectivity index (χ4v) is 3.71. The molecule has 4 rings (SSSR count). The maximum Gasteiger partial charge on any atom is 0.251 e. The van der Waals surface area contributed by atoms with Gasteiger partial charge in [-0.25, -0.2) is 0 Å². The number of likely N-dealkylation sites (N-methyl/N-ethyl adjacent to an activating group) is 1. The average molecular weight is 457 g/mol. The molecule has 0 aliphatic rings. The summed E-state index contributed by atoms with van der Waals surface area (Å²) < 4.78 is 11.1. The standard InChI is InChI=1S/C27H28N4O3/c1-18-6-5-7-22(16-18)27-30-29-26(34-27)21-10-8-20(9-11-21)25(32)28-17-24(31(2)3)19-12-14-23(33-4)15-13-19/h5-16,24H,17H2,1-4H3,(H,28,32). The van der Waals surface area contributed by atoms with Crippen LogP contribution in [0.2, 0.25) is 0 Å². The van der Waals surface area contributed by atoms with Crippen LogP contribution in [-0.4, -0.2) is 48.8 Å². The van der Waals surface area contributed by atoms with E-state index in [1.807, 2.05) is 81.7 Å². The Labute approximate surface area is 199 Å². The third kappa shape index (κ3) is 5.32. The van der Waals surface area contributed by atoms with Crippen LogP contribution in [0.5, 0.6) is 5.75 Å². The third-order valence-electron chi connectivity index (χ3n) is 5.66. The Hall–Kier alpha value is -3.97. The molecular formula is C27H28N4O3. The number of methoxy groups -OCH3 is 1. The molecule has 1 heterocycles. The van der Waals surface area contributed by atoms with Crippen molar-refractivity contribution >= 4 is 5.91 Å². The van der Waals surface area contributed by atoms with Gasteiger partial charge >= 0.3 is 0 Å². The molecule has 1 unspecified atom stereocenters. The van der Waals surface area contributed by atoms with Crippen LogP contribution < -0.4 is 10.1 Å². The largest absolute Gasteiger partial charge is 0.497 e. The van der Waals surface area contributed by atoms with E-state index >= 15 is 0 Å². The number of benzene rings is 3. The van der Waals surface area contributed by atoms with Gasteiger partial charge in [-0.15, -0.1) is 10.2 Å². The Bertz CT molecular complexity index is 1250. The number of amides is 1. The summed E-state index contributed by atoms with van der Waals surface area (Å²) in [4.78, 5) is 14.8. The first-order chi connectivity index (χ1) is 16.4. The minimum absolute atomic E-state index is 0.0348. The minimum atomic E-state index is -0.141. The highest BCUT2D eigenvalue weighted by molar-refractivity contribution is 5.94. The number of aryl methyl sites for hydroxylation is 1. The lowest BCUT2D eigenvalue weighted by Gasteiger charge is -2.25. The molecule has 4 aromatic rings. The number of hydrogen-bond donors (Lipinski definition) is 1. The lowest BCUT2D eigenvalue weighted by atomic mass is 10.1. The van der Waals surface area contributed by atoms with Gasteiger partial charge in [-0.1, -0.05) is 29.8 Å². The monoisotopic (exact) mass is 456 g/mol. The molecule has 0 spiro atoms. The average Bonchev–Trinajstić information content (AvgIpc) is 3.35. The van der Waals surface area contributed by atoms with E-state index in [1.165, 1.54) is 0 Å². The van der Waals surface area contributed by atoms with Crippen LogP contribution in [0.15, 0.2) is 77.2 Å². The Balaban J connectivity index is 1.41. The van der Waals surface area contributed by atoms with Gasteiger partial charge in [0.2, 0.25) is 11.8 Å². The smallest absolute Gasteiger partial charge is 0.251 e. The molecule has 7 nitrogen and oxygen atoms in total. The zero-order chi connectivity index (χ0) is 24.1. The van der Waals surface area contributed by atoms with E-state index in [0.717, 1.165) is 28.0 Å². The molecule has 0 aliphatic heterocycles. The fraction of sp³-hybridized carbons (Fsp3) is 0.222. The van der Waals surface area contributed by atoms with Crippen LogP contribution in [0.4, 0.5) is 0 Å². The zero-order valence-corrected chi connectivity index (χ0v) is 19.8. The SMILES string of the molecule is COc1ccc(C(CNC(=O)c2ccc(-c3nnc(-c4cccc(C)c4)o3)cc2)N(C)C)cc1. The molecule has 0 saturated carbocycles. The topological polar surface area (TPSA) is 80.5 Å². The summed E-state index contributed by atoms with van der Waals surface area (Å²) >= 11 is 0. The second-order valence-electron chi connectivity index (χ2n) is 8.32. The van der Waals surface area contributed by atoms with Gasteiger partial charge in [-0.2, -0.15) is 0 Å². The molecule has 174 valence electrons. The van der Waals surface area contributed by atoms with Gasteiger partial charge in [-0.3, -0.25) is 4.79 Å². The minimum Gasteiger partial charge on any atom is -0.497 e. The maximum absolute atomic E-state index is 12.8. The van der Waals surface area contributed by atoms with Crippen molar-refractivity contribution in [3.63, 3.8) is 0 Å². The number of ether oxygens (including phenoxy) is 1. The second-order valence-corrected chi connectivity index (χ2v) is 8.32. The predicted octanol–water partition coefficient (Wildman–Crippen LogP) is 4.75. The van der Waals surface area contributed by atoms with Gasteiger partial charge < -0.3 is 19.4 Å². The molecule has 34 heavy (non-hydrogen) atoms. The summed E-state index contributed by atoms with van der Waals surface area (Å²) in [5, 5.41) is 11.4. The van der Waals surface area contributed by atoms with Crippen molar-refractivity contribution in [2.75, 3.05) is 27.7 Å². The van der Waals surface area contributed by atoms with Crippen molar-refractivity contribution in [1.29, 1.82) is 0 Å². The first-order valence-corrected chi connectivity index (χ1v) is 11.0. The van der Waals surface area contributed by atoms with E-state index in [2.05, 4.69) is 20.4 Å². The van der Waals surface area contributed by atoms with E-state index in [0.29, 0.717) is 23.9 Å². The summed E-state index contributed by atoms with van der Waals surface area (Å²) in [5.41, 5.74) is 4.42. The summed E-state index contributed by atoms with van der Waals surface area (Å²) in [7, 11) is 5.63. The Morgan fingerprint density at radius 2 is 1.65 bits per heavy atom. The molecular weight excluding hydrogens is 428 g/mol. The third-order valence-corrected chi connectivity index (χ3v) is 5.66. The van der Waals surface area contributed by atoms with E-state index in [-0.39, 0.29) is 11.9 Å². The van der Waals surface area contributed by atoms with Crippen LogP contribution >= 0.6 is 0 Å². The highest BCUT2D eigenvalue weighted by Crippen LogP contribution is 2.25. The highest BCUT2D eigenvalue weighted by Gasteiger charge is 2.17. The number of rotatable bonds is 8. The zero-order valence-electron chi connectivity index (χ0n) is 19.8. The van der Waals surface area contributed by atoms with Gasteiger partial charge in [0.15, 0.2) is 0 Å². The maximum atomic E-state index is 12.8. The van der Waals surface area contributed by atoms with E-state index in [1.54, 1.807) is 19.2 Å². The van der Waals surface area contributed by atoms with Crippen molar-refractivity contribution in [3.8, 4) is 28.7 Å². The lowest BCUT2D eigenvalue weighted by molar-refractivity contribution is 0.0942. The van der Waals surface area contributed by atoms with Gasteiger partial charge in [0.05, 0.1) is 13.2 Å². The summed E-state index contributed by atoms with van der Waals surface area (Å²) in [6.07, 6.45) is 0. The highest BCUT2D eigenvalue weighted by atomic mass is 16.5. The Kier molecular flexibility index (Phi) is 7.04. The second kappa shape index (κ2) is 10.3. The first-order valence-electron chi connectivity index (χ1n) is 11.0. The van der Waals surface area contributed by atoms with Crippen molar-refractivity contribution < 1.29 is 13.9 Å². The Morgan fingerprint density at radius 1 is 0.971 bits per heavy atom. The predicted molar refractivity (Wildman–Crippen MR) is 132 cm³/mol. The lowest BCUT2D eigenvalue weighted by Crippen LogP contribution is -2.34. The molecule has 1 amide bonds. The van der Waals surface area contributed by atoms with Crippen molar-refractivity contribution in [2.24, 2.45) is 0 Å². The number of carbonyl (C=O) groups excluding carboxylic acids is 1. The molecule has 1 aromatic heterocycles. The van der Waals surface area contributed by atoms with Crippen molar-refractivity contribution in [2.45, 2.75) is 13.0 Å². The molecule has 0 saturated heterocycles. The van der Waals surface area contributed by atoms with Crippen molar-refractivity contribution in [1.82, 2.24) is 20.4 Å². The van der Waals surface area contributed by atoms with Crippen LogP contribution in [0, 0.1) is 6.92 Å². The number of nitrogens with zero attached hydrogens (tertiary/aromatic N) is 3. The summed E-state index contributed by atoms with van der Waals surface area (Å²) in [5.74, 6) is 1.54. The van der Waals surface area contributed by atoms with E-state index in [4.69, 9.17) is 9.15 Å². The quantitative estimate of drug-likeness (QED) is 0.412. The molecule has 7 heteroatoms. The first kappa shape index (κ1) is 23.2. The van der Waals surface area contributed by atoms with Crippen LogP contribution in [-0.2, 0) is 0 Å². The van der Waals surface area contributed by atoms with Crippen LogP contribution in [0.1, 0.15) is 27.5 Å². The van der Waals surface area contributed by atoms with Gasteiger partial charge in [0.25, 0.3) is 5.91 Å². The fourth-order valence-electron chi connectivity index (χ4n) is 3.71. The molecule has 3 aromatic carbocycles. The van der Waals surface area contributed by atoms with Crippen LogP contribution in [0.25, 0.3) is 22.9 Å². The molecule has 0 aliphatic carbocycles. The molecule has 1 atom stereocenters. The van der Waals surface area contributed by atoms with E-state index < -0.39 is 0 Å². The summed E-state index contributed by atoms with van der Waals surface area (Å²) in [6, 6.07) is 23.0. The molecule has 1 N–H and O–H groups in total. The molecule has 0 radical (unpaired) electrons. The number of aromatic nitrogens is 2. The van der Waals surface area contributed by atoms with Crippen molar-refractivity contribution in [3.05, 3.63) is 89.5 Å². The van der Waals surface area contributed by atoms with Gasteiger partial charge in [0, 0.05) is 23.2 Å². The van der Waals surface area contributed by atoms with Crippen LogP contribution in [0.3, 0.4) is 0 Å². The molecule has 0 bridgehead atoms. The van der Waals surface area contributed by atoms with E-state index in [9.17, 15) is 4.79 Å². The number of carbonyl (C=O) groups is 1. The van der Waals surface area contributed by atoms with Gasteiger partial charge in [0.1, 0.15) is 5.75 Å². The number of nitrogens with one attached hydrogen (secondary N) is 1. The normalized spacial score (nSPS) is 11.9. The van der Waals surface area contributed by atoms with Gasteiger partial charge in [-0.05, 0) is 75.1 Å². The Morgan fingerprint density at radius 3 is 2.26 bits per heavy atom.